The van der Waals surface area contributed by atoms with Crippen molar-refractivity contribution in [2.24, 2.45) is 0 Å². The van der Waals surface area contributed by atoms with Crippen LogP contribution in [-0.2, 0) is 4.74 Å². The second kappa shape index (κ2) is 9.58. The molecule has 0 spiro atoms. The first-order chi connectivity index (χ1) is 16.4. The van der Waals surface area contributed by atoms with Gasteiger partial charge in [0.05, 0.1) is 18.7 Å². The number of tetrazole rings is 1. The van der Waals surface area contributed by atoms with Gasteiger partial charge in [-0.25, -0.2) is 18.6 Å². The SMILES string of the molecule is COCCN(C(=O)O)c1cccc(-c2cnc(N)c(-c3nnnn3-c3cccc(F)c3F)c2)c1. The van der Waals surface area contributed by atoms with Gasteiger partial charge in [0, 0.05) is 24.6 Å². The Labute approximate surface area is 192 Å². The summed E-state index contributed by atoms with van der Waals surface area (Å²) in [5.74, 6) is -2.04. The zero-order chi connectivity index (χ0) is 24.2. The summed E-state index contributed by atoms with van der Waals surface area (Å²) in [6.07, 6.45) is 0.386. The first-order valence-electron chi connectivity index (χ1n) is 9.99. The van der Waals surface area contributed by atoms with E-state index in [-0.39, 0.29) is 36.0 Å². The lowest BCUT2D eigenvalue weighted by Gasteiger charge is -2.19. The fraction of sp³-hybridized carbons (Fsp3) is 0.136. The fourth-order valence-corrected chi connectivity index (χ4v) is 3.36. The third-order valence-electron chi connectivity index (χ3n) is 5.03. The Balaban J connectivity index is 1.76. The lowest BCUT2D eigenvalue weighted by molar-refractivity contribution is 0.186. The molecule has 0 fully saturated rings. The highest BCUT2D eigenvalue weighted by molar-refractivity contribution is 5.87. The predicted molar refractivity (Wildman–Crippen MR) is 119 cm³/mol. The predicted octanol–water partition coefficient (Wildman–Crippen LogP) is 3.38. The molecule has 0 saturated carbocycles. The number of pyridine rings is 1. The van der Waals surface area contributed by atoms with Crippen molar-refractivity contribution in [3.05, 3.63) is 66.4 Å². The Kier molecular flexibility index (Phi) is 6.41. The Hall–Kier alpha value is -4.45. The number of nitrogens with zero attached hydrogens (tertiary/aromatic N) is 6. The van der Waals surface area contributed by atoms with Crippen molar-refractivity contribution in [2.75, 3.05) is 30.9 Å². The minimum atomic E-state index is -1.12. The van der Waals surface area contributed by atoms with Gasteiger partial charge in [0.15, 0.2) is 17.5 Å². The Morgan fingerprint density at radius 1 is 1.18 bits per heavy atom. The molecule has 2 aromatic carbocycles. The number of benzene rings is 2. The summed E-state index contributed by atoms with van der Waals surface area (Å²) in [4.78, 5) is 17.0. The molecule has 0 radical (unpaired) electrons. The van der Waals surface area contributed by atoms with Crippen LogP contribution in [0, 0.1) is 11.6 Å². The molecule has 0 aliphatic rings. The summed E-state index contributed by atoms with van der Waals surface area (Å²) in [5, 5.41) is 20.8. The summed E-state index contributed by atoms with van der Waals surface area (Å²) in [7, 11) is 1.49. The number of anilines is 2. The molecule has 0 saturated heterocycles. The summed E-state index contributed by atoms with van der Waals surface area (Å²) < 4.78 is 34.2. The lowest BCUT2D eigenvalue weighted by Crippen LogP contribution is -2.32. The van der Waals surface area contributed by atoms with Gasteiger partial charge in [0.25, 0.3) is 0 Å². The number of nitrogens with two attached hydrogens (primary N) is 1. The molecule has 0 atom stereocenters. The molecule has 0 aliphatic carbocycles. The molecule has 0 unspecified atom stereocenters. The van der Waals surface area contributed by atoms with E-state index >= 15 is 0 Å². The molecule has 2 aromatic heterocycles. The molecule has 1 amide bonds. The molecule has 34 heavy (non-hydrogen) atoms. The number of methoxy groups -OCH3 is 1. The summed E-state index contributed by atoms with van der Waals surface area (Å²) in [6.45, 7) is 0.373. The molecule has 3 N–H and O–H groups in total. The van der Waals surface area contributed by atoms with E-state index < -0.39 is 17.7 Å². The maximum absolute atomic E-state index is 14.4. The topological polar surface area (TPSA) is 132 Å². The van der Waals surface area contributed by atoms with Crippen molar-refractivity contribution >= 4 is 17.6 Å². The van der Waals surface area contributed by atoms with Crippen molar-refractivity contribution < 1.29 is 23.4 Å². The van der Waals surface area contributed by atoms with Crippen molar-refractivity contribution in [2.45, 2.75) is 0 Å². The Morgan fingerprint density at radius 2 is 1.97 bits per heavy atom. The number of hydrogen-bond donors (Lipinski definition) is 2. The summed E-state index contributed by atoms with van der Waals surface area (Å²) >= 11 is 0. The maximum Gasteiger partial charge on any atom is 0.411 e. The van der Waals surface area contributed by atoms with Crippen molar-refractivity contribution in [3.8, 4) is 28.2 Å². The number of ether oxygens (including phenoxy) is 1. The van der Waals surface area contributed by atoms with Crippen LogP contribution < -0.4 is 10.6 Å². The first kappa shape index (κ1) is 22.7. The van der Waals surface area contributed by atoms with Gasteiger partial charge in [0.1, 0.15) is 11.5 Å². The number of carbonyl (C=O) groups is 1. The minimum absolute atomic E-state index is 0.0553. The van der Waals surface area contributed by atoms with Gasteiger partial charge in [-0.2, -0.15) is 4.68 Å². The van der Waals surface area contributed by atoms with Crippen molar-refractivity contribution in [3.63, 3.8) is 0 Å². The number of carboxylic acid groups (broad SMARTS) is 1. The van der Waals surface area contributed by atoms with Gasteiger partial charge in [0.2, 0.25) is 0 Å². The molecule has 2 heterocycles. The van der Waals surface area contributed by atoms with Crippen LogP contribution in [0.4, 0.5) is 25.1 Å². The first-order valence-corrected chi connectivity index (χ1v) is 9.99. The minimum Gasteiger partial charge on any atom is -0.465 e. The zero-order valence-corrected chi connectivity index (χ0v) is 17.9. The number of aromatic nitrogens is 5. The van der Waals surface area contributed by atoms with Crippen LogP contribution in [0.15, 0.2) is 54.7 Å². The zero-order valence-electron chi connectivity index (χ0n) is 17.9. The van der Waals surface area contributed by atoms with E-state index in [1.807, 2.05) is 0 Å². The third kappa shape index (κ3) is 4.38. The standard InChI is InChI=1S/C22H19F2N7O3/c1-34-9-8-30(22(32)33)15-5-2-4-13(10-15)14-11-16(20(25)26-12-14)21-27-28-29-31(21)18-7-3-6-17(23)19(18)24/h2-7,10-12H,8-9H2,1H3,(H2,25,26)(H,32,33). The van der Waals surface area contributed by atoms with E-state index in [9.17, 15) is 18.7 Å². The Morgan fingerprint density at radius 3 is 2.74 bits per heavy atom. The molecule has 0 aliphatic heterocycles. The quantitative estimate of drug-likeness (QED) is 0.423. The normalized spacial score (nSPS) is 10.9. The maximum atomic E-state index is 14.4. The molecule has 4 rings (SSSR count). The summed E-state index contributed by atoms with van der Waals surface area (Å²) in [6, 6.07) is 12.1. The molecular formula is C22H19F2N7O3. The van der Waals surface area contributed by atoms with Gasteiger partial charge >= 0.3 is 6.09 Å². The van der Waals surface area contributed by atoms with Crippen LogP contribution in [0.1, 0.15) is 0 Å². The number of amides is 1. The van der Waals surface area contributed by atoms with E-state index in [0.29, 0.717) is 16.8 Å². The van der Waals surface area contributed by atoms with E-state index in [1.54, 1.807) is 30.3 Å². The van der Waals surface area contributed by atoms with Crippen LogP contribution in [0.25, 0.3) is 28.2 Å². The monoisotopic (exact) mass is 467 g/mol. The third-order valence-corrected chi connectivity index (χ3v) is 5.03. The second-order valence-electron chi connectivity index (χ2n) is 7.12. The average Bonchev–Trinajstić information content (AvgIpc) is 3.31. The number of nitrogen functional groups attached to an aromatic ring is 1. The van der Waals surface area contributed by atoms with E-state index in [1.165, 1.54) is 25.4 Å². The molecule has 4 aromatic rings. The molecule has 174 valence electrons. The van der Waals surface area contributed by atoms with Gasteiger partial charge in [-0.15, -0.1) is 5.10 Å². The van der Waals surface area contributed by atoms with Crippen molar-refractivity contribution in [1.29, 1.82) is 0 Å². The van der Waals surface area contributed by atoms with Crippen molar-refractivity contribution in [1.82, 2.24) is 25.2 Å². The second-order valence-corrected chi connectivity index (χ2v) is 7.12. The van der Waals surface area contributed by atoms with E-state index in [2.05, 4.69) is 20.5 Å². The Bertz CT molecular complexity index is 1350. The van der Waals surface area contributed by atoms with Crippen LogP contribution >= 0.6 is 0 Å². The highest BCUT2D eigenvalue weighted by atomic mass is 19.2. The molecular weight excluding hydrogens is 448 g/mol. The van der Waals surface area contributed by atoms with Gasteiger partial charge in [-0.3, -0.25) is 4.90 Å². The van der Waals surface area contributed by atoms with Crippen LogP contribution in [0.2, 0.25) is 0 Å². The molecule has 10 nitrogen and oxygen atoms in total. The van der Waals surface area contributed by atoms with Crippen LogP contribution in [0.3, 0.4) is 0 Å². The van der Waals surface area contributed by atoms with Gasteiger partial charge in [-0.05, 0) is 46.3 Å². The van der Waals surface area contributed by atoms with Crippen LogP contribution in [0.5, 0.6) is 0 Å². The lowest BCUT2D eigenvalue weighted by atomic mass is 10.0. The average molecular weight is 467 g/mol. The van der Waals surface area contributed by atoms with E-state index in [4.69, 9.17) is 10.5 Å². The largest absolute Gasteiger partial charge is 0.465 e. The van der Waals surface area contributed by atoms with Crippen LogP contribution in [-0.4, -0.2) is 56.7 Å². The number of halogens is 2. The number of rotatable bonds is 7. The fourth-order valence-electron chi connectivity index (χ4n) is 3.36. The highest BCUT2D eigenvalue weighted by Gasteiger charge is 2.20. The number of hydrogen-bond acceptors (Lipinski definition) is 7. The van der Waals surface area contributed by atoms with E-state index in [0.717, 1.165) is 15.6 Å². The highest BCUT2D eigenvalue weighted by Crippen LogP contribution is 2.31. The van der Waals surface area contributed by atoms with Gasteiger partial charge < -0.3 is 15.6 Å². The molecule has 0 bridgehead atoms. The molecule has 12 heteroatoms. The van der Waals surface area contributed by atoms with Gasteiger partial charge in [-0.1, -0.05) is 18.2 Å². The summed E-state index contributed by atoms with van der Waals surface area (Å²) in [5.41, 5.74) is 7.81. The smallest absolute Gasteiger partial charge is 0.411 e.